The van der Waals surface area contributed by atoms with Crippen LogP contribution in [-0.4, -0.2) is 220 Å². The van der Waals surface area contributed by atoms with E-state index in [1.165, 1.54) is 45.1 Å². The molecule has 23 N–H and O–H groups in total. The van der Waals surface area contributed by atoms with E-state index in [4.69, 9.17) is 17.2 Å². The zero-order valence-electron chi connectivity index (χ0n) is 57.5. The Labute approximate surface area is 597 Å². The van der Waals surface area contributed by atoms with Crippen molar-refractivity contribution < 1.29 is 82.1 Å². The van der Waals surface area contributed by atoms with Crippen molar-refractivity contribution in [2.45, 2.75) is 179 Å². The third-order valence-corrected chi connectivity index (χ3v) is 17.0. The van der Waals surface area contributed by atoms with Crippen LogP contribution in [0.4, 0.5) is 0 Å². The Morgan fingerprint density at radius 1 is 0.520 bits per heavy atom. The number of H-pyrrole nitrogens is 3. The molecule has 3 aromatic heterocycles. The molecule has 0 aliphatic rings. The number of hydrogen-bond donors (Lipinski definition) is 22. The first-order chi connectivity index (χ1) is 48.1. The van der Waals surface area contributed by atoms with E-state index in [1.807, 2.05) is 6.92 Å². The molecule has 0 aliphatic carbocycles. The van der Waals surface area contributed by atoms with Crippen molar-refractivity contribution in [3.63, 3.8) is 0 Å². The molecule has 14 atom stereocenters. The first-order valence-electron chi connectivity index (χ1n) is 32.6. The van der Waals surface area contributed by atoms with Gasteiger partial charge in [0.05, 0.1) is 37.8 Å². The number of carbonyl (C=O) groups is 15. The van der Waals surface area contributed by atoms with E-state index in [9.17, 15) is 82.1 Å². The van der Waals surface area contributed by atoms with Crippen LogP contribution in [0.2, 0.25) is 0 Å². The van der Waals surface area contributed by atoms with Crippen LogP contribution >= 0.6 is 25.3 Å². The van der Waals surface area contributed by atoms with Gasteiger partial charge in [-0.2, -0.15) is 25.3 Å². The number of nitrogens with zero attached hydrogens (tertiary/aromatic N) is 2. The molecule has 1 aromatic carbocycles. The molecule has 4 aromatic rings. The normalized spacial score (nSPS) is 15.4. The van der Waals surface area contributed by atoms with E-state index >= 15 is 0 Å². The van der Waals surface area contributed by atoms with Gasteiger partial charge in [-0.3, -0.25) is 71.9 Å². The van der Waals surface area contributed by atoms with Crippen LogP contribution in [0.1, 0.15) is 98.0 Å². The first kappa shape index (κ1) is 84.3. The Morgan fingerprint density at radius 2 is 0.971 bits per heavy atom. The molecule has 0 unspecified atom stereocenters. The maximum absolute atomic E-state index is 14.4. The van der Waals surface area contributed by atoms with Gasteiger partial charge in [0, 0.05) is 78.1 Å². The number of aliphatic hydroxyl groups excluding tert-OH is 1. The van der Waals surface area contributed by atoms with Crippen molar-refractivity contribution in [1.29, 1.82) is 0 Å². The summed E-state index contributed by atoms with van der Waals surface area (Å²) in [5, 5.41) is 50.1. The van der Waals surface area contributed by atoms with Crippen molar-refractivity contribution in [2.24, 2.45) is 35.0 Å². The number of benzene rings is 1. The van der Waals surface area contributed by atoms with Gasteiger partial charge in [-0.15, -0.1) is 0 Å². The maximum atomic E-state index is 14.4. The molecule has 37 nitrogen and oxygen atoms in total. The lowest BCUT2D eigenvalue weighted by atomic mass is 9.98. The average Bonchev–Trinajstić information content (AvgIpc) is 1.76. The number of hydrogen-bond acceptors (Lipinski definition) is 21. The number of nitrogens with two attached hydrogens (primary N) is 3. The number of primary amides is 2. The number of imidazole rings is 2. The summed E-state index contributed by atoms with van der Waals surface area (Å²) < 4.78 is 0. The molecule has 0 spiro atoms. The first-order valence-corrected chi connectivity index (χ1v) is 33.9. The van der Waals surface area contributed by atoms with E-state index in [0.717, 1.165) is 0 Å². The number of amides is 14. The Morgan fingerprint density at radius 3 is 1.47 bits per heavy atom. The monoisotopic (exact) mass is 1470 g/mol. The number of aliphatic hydroxyl groups is 1. The quantitative estimate of drug-likeness (QED) is 0.0184. The number of fused-ring (bicyclic) bond motifs is 1. The van der Waals surface area contributed by atoms with Crippen LogP contribution in [0.3, 0.4) is 0 Å². The number of aromatic nitrogens is 5. The summed E-state index contributed by atoms with van der Waals surface area (Å²) in [7, 11) is 0. The summed E-state index contributed by atoms with van der Waals surface area (Å²) in [6.45, 7) is 11.5. The number of nitrogens with one attached hydrogen (secondary N) is 15. The molecular weight excluding hydrogens is 1370 g/mol. The number of carbonyl (C=O) groups excluding carboxylic acids is 14. The van der Waals surface area contributed by atoms with Crippen molar-refractivity contribution in [3.8, 4) is 0 Å². The molecule has 0 saturated carbocycles. The number of carboxylic acids is 1. The van der Waals surface area contributed by atoms with Crippen LogP contribution < -0.4 is 81.0 Å². The number of thiol groups is 2. The highest BCUT2D eigenvalue weighted by Gasteiger charge is 2.38. The Hall–Kier alpha value is -10.1. The molecule has 4 rings (SSSR count). The fraction of sp³-hybridized carbons (Fsp3) is 0.540. The maximum Gasteiger partial charge on any atom is 0.305 e. The van der Waals surface area contributed by atoms with E-state index in [-0.39, 0.29) is 36.7 Å². The van der Waals surface area contributed by atoms with Gasteiger partial charge in [0.15, 0.2) is 0 Å². The molecule has 0 saturated heterocycles. The minimum Gasteiger partial charge on any atom is -0.481 e. The SMILES string of the molecule is CC[C@H](C)[C@H](N)C(=O)N[C@@H](CS)C(=O)N[C@H](C(=O)N[C@H](C(=O)N[C@@H](CCC(N)=O)C(=O)N[C@@H](CC(=O)O)C(=O)N[C@@H](Cc1c[nH]c2ccccc12)C(=O)NCC(=O)N[C@@H](Cc1cnc[nH]1)C(=O)N[C@@H](Cc1cnc[nH]1)C(=O)N[C@@H](C)C(=O)N[C@@H](CS)C(=O)N[C@H](C(N)=O)[C@@H](C)O)C(C)C)C(C)C. The Balaban J connectivity index is 1.57. The van der Waals surface area contributed by atoms with Gasteiger partial charge in [-0.1, -0.05) is 66.2 Å². The highest BCUT2D eigenvalue weighted by Crippen LogP contribution is 2.20. The second-order valence-electron chi connectivity index (χ2n) is 25.0. The fourth-order valence-corrected chi connectivity index (χ4v) is 10.5. The summed E-state index contributed by atoms with van der Waals surface area (Å²) in [4.78, 5) is 219. The average molecular weight is 1470 g/mol. The summed E-state index contributed by atoms with van der Waals surface area (Å²) >= 11 is 8.31. The lowest BCUT2D eigenvalue weighted by Gasteiger charge is -2.30. The second-order valence-corrected chi connectivity index (χ2v) is 25.8. The van der Waals surface area contributed by atoms with Crippen LogP contribution in [0.5, 0.6) is 0 Å². The smallest absolute Gasteiger partial charge is 0.305 e. The lowest BCUT2D eigenvalue weighted by molar-refractivity contribution is -0.141. The third kappa shape index (κ3) is 26.4. The minimum absolute atomic E-state index is 0.178. The minimum atomic E-state index is -2.02. The predicted molar refractivity (Wildman–Crippen MR) is 373 cm³/mol. The largest absolute Gasteiger partial charge is 0.481 e. The van der Waals surface area contributed by atoms with Gasteiger partial charge in [0.2, 0.25) is 82.7 Å². The molecule has 560 valence electrons. The van der Waals surface area contributed by atoms with Crippen LogP contribution in [0, 0.1) is 17.8 Å². The van der Waals surface area contributed by atoms with Gasteiger partial charge in [0.25, 0.3) is 0 Å². The van der Waals surface area contributed by atoms with Gasteiger partial charge in [-0.25, -0.2) is 9.97 Å². The van der Waals surface area contributed by atoms with Crippen LogP contribution in [-0.2, 0) is 91.2 Å². The van der Waals surface area contributed by atoms with Gasteiger partial charge >= 0.3 is 5.97 Å². The third-order valence-electron chi connectivity index (χ3n) is 16.2. The topological polar surface area (TPSA) is 592 Å². The second kappa shape index (κ2) is 40.9. The molecular formula is C63H94N20O17S2. The molecule has 3 heterocycles. The van der Waals surface area contributed by atoms with Crippen molar-refractivity contribution in [3.05, 3.63) is 72.5 Å². The highest BCUT2D eigenvalue weighted by molar-refractivity contribution is 7.80. The van der Waals surface area contributed by atoms with E-state index in [0.29, 0.717) is 34.3 Å². The van der Waals surface area contributed by atoms with E-state index in [2.05, 4.69) is 114 Å². The number of aromatic amines is 3. The summed E-state index contributed by atoms with van der Waals surface area (Å²) in [6, 6.07) is -10.9. The van der Waals surface area contributed by atoms with Crippen molar-refractivity contribution >= 4 is 125 Å². The summed E-state index contributed by atoms with van der Waals surface area (Å²) in [5.41, 5.74) is 18.5. The van der Waals surface area contributed by atoms with Crippen molar-refractivity contribution in [2.75, 3.05) is 18.1 Å². The Kier molecular flexibility index (Phi) is 33.8. The standard InChI is InChI=1S/C63H94N20O17S2/c1-9-30(6)48(65)61(98)80-44(25-102)59(96)81-50(29(4)5)63(100)82-49(28(2)3)62(99)75-38(14-15-45(64)85)55(92)78-42(19-47(87)88)58(95)76-39(16-33-20-69-37-13-11-10-12-36(33)37)54(91)70-23-46(86)74-40(17-34-21-67-26-71-34)57(94)77-41(18-35-22-68-27-72-35)56(93)73-31(7)53(90)79-43(24-101)60(97)83-51(32(8)84)52(66)89/h10-13,20-22,26-32,38-44,48-51,69,84,101-102H,9,14-19,23-25,65H2,1-8H3,(H2,64,85)(H2,66,89)(H,67,71)(H,68,72)(H,70,91)(H,73,93)(H,74,86)(H,75,99)(H,76,95)(H,77,94)(H,78,92)(H,79,90)(H,80,98)(H,81,96)(H,82,100)(H,83,97)(H,87,88)/t30-,31-,32+,38-,39-,40-,41-,42-,43-,44-,48-,49-,50-,51-/m0/s1. The predicted octanol–water partition coefficient (Wildman–Crippen LogP) is -5.74. The molecule has 0 aliphatic heterocycles. The van der Waals surface area contributed by atoms with Gasteiger partial charge in [0.1, 0.15) is 66.5 Å². The molecule has 14 amide bonds. The van der Waals surface area contributed by atoms with Gasteiger partial charge in [-0.05, 0) is 49.7 Å². The molecule has 0 radical (unpaired) electrons. The van der Waals surface area contributed by atoms with Crippen LogP contribution in [0.25, 0.3) is 10.9 Å². The Bertz CT molecular complexity index is 3570. The lowest BCUT2D eigenvalue weighted by Crippen LogP contribution is -2.62. The zero-order valence-corrected chi connectivity index (χ0v) is 59.3. The number of rotatable bonds is 43. The van der Waals surface area contributed by atoms with Crippen molar-refractivity contribution in [1.82, 2.24) is 88.7 Å². The highest BCUT2D eigenvalue weighted by atomic mass is 32.1. The summed E-state index contributed by atoms with van der Waals surface area (Å²) in [5.74, 6) is -17.2. The fourth-order valence-electron chi connectivity index (χ4n) is 10.0. The molecule has 0 fully saturated rings. The summed E-state index contributed by atoms with van der Waals surface area (Å²) in [6.07, 6.45) is 2.89. The van der Waals surface area contributed by atoms with Crippen LogP contribution in [0.15, 0.2) is 55.5 Å². The number of carboxylic acid groups (broad SMARTS) is 1. The number of aliphatic carboxylic acids is 1. The zero-order chi connectivity index (χ0) is 76.2. The van der Waals surface area contributed by atoms with E-state index < -0.39 is 205 Å². The van der Waals surface area contributed by atoms with E-state index in [1.54, 1.807) is 58.9 Å². The molecule has 0 bridgehead atoms. The molecule has 39 heteroatoms. The van der Waals surface area contributed by atoms with Gasteiger partial charge < -0.3 is 106 Å². The molecule has 102 heavy (non-hydrogen) atoms. The number of para-hydroxylation sites is 1.